The maximum Gasteiger partial charge on any atom is 0.224 e. The molecular formula is C13H19N5. The minimum absolute atomic E-state index is 0.208. The molecule has 0 radical (unpaired) electrons. The van der Waals surface area contributed by atoms with E-state index in [2.05, 4.69) is 15.3 Å². The predicted molar refractivity (Wildman–Crippen MR) is 69.8 cm³/mol. The summed E-state index contributed by atoms with van der Waals surface area (Å²) in [6, 6.07) is 3.82. The van der Waals surface area contributed by atoms with Crippen LogP contribution in [-0.2, 0) is 0 Å². The zero-order valence-electron chi connectivity index (χ0n) is 10.5. The molecule has 0 bridgehead atoms. The molecule has 0 spiro atoms. The minimum Gasteiger partial charge on any atom is -0.350 e. The van der Waals surface area contributed by atoms with Crippen molar-refractivity contribution >= 4 is 5.95 Å². The lowest BCUT2D eigenvalue weighted by molar-refractivity contribution is 0.320. The number of nitriles is 1. The summed E-state index contributed by atoms with van der Waals surface area (Å²) < 4.78 is 0. The third kappa shape index (κ3) is 3.17. The van der Waals surface area contributed by atoms with Gasteiger partial charge in [0.2, 0.25) is 5.95 Å². The molecule has 18 heavy (non-hydrogen) atoms. The zero-order valence-corrected chi connectivity index (χ0v) is 10.5. The largest absolute Gasteiger partial charge is 0.350 e. The summed E-state index contributed by atoms with van der Waals surface area (Å²) in [6.45, 7) is 0.574. The number of nitrogens with one attached hydrogen (secondary N) is 1. The maximum absolute atomic E-state index is 8.81. The summed E-state index contributed by atoms with van der Waals surface area (Å²) in [5.74, 6) is 1.10. The number of aromatic nitrogens is 2. The number of hydrogen-bond donors (Lipinski definition) is 2. The smallest absolute Gasteiger partial charge is 0.224 e. The highest BCUT2D eigenvalue weighted by molar-refractivity contribution is 5.31. The number of rotatable bonds is 4. The molecule has 0 amide bonds. The molecule has 2 rings (SSSR count). The SMILES string of the molecule is N#Cc1ccnc(NC(CN)C2CCCCC2)n1. The Hall–Kier alpha value is -1.67. The van der Waals surface area contributed by atoms with Crippen molar-refractivity contribution in [3.63, 3.8) is 0 Å². The molecule has 1 saturated carbocycles. The van der Waals surface area contributed by atoms with E-state index in [0.717, 1.165) is 0 Å². The number of hydrogen-bond acceptors (Lipinski definition) is 5. The van der Waals surface area contributed by atoms with E-state index in [9.17, 15) is 0 Å². The topological polar surface area (TPSA) is 87.6 Å². The number of nitrogens with zero attached hydrogens (tertiary/aromatic N) is 3. The molecule has 1 aromatic rings. The number of nitrogens with two attached hydrogens (primary N) is 1. The molecule has 1 atom stereocenters. The first-order valence-electron chi connectivity index (χ1n) is 6.53. The normalized spacial score (nSPS) is 18.0. The first-order chi connectivity index (χ1) is 8.83. The van der Waals surface area contributed by atoms with E-state index >= 15 is 0 Å². The van der Waals surface area contributed by atoms with E-state index in [1.165, 1.54) is 32.1 Å². The fourth-order valence-corrected chi connectivity index (χ4v) is 2.56. The molecule has 1 aliphatic carbocycles. The quantitative estimate of drug-likeness (QED) is 0.842. The molecule has 5 heteroatoms. The first kappa shape index (κ1) is 12.8. The fraction of sp³-hybridized carbons (Fsp3) is 0.615. The molecule has 0 aliphatic heterocycles. The van der Waals surface area contributed by atoms with Gasteiger partial charge in [-0.15, -0.1) is 0 Å². The third-order valence-corrected chi connectivity index (χ3v) is 3.56. The molecule has 96 valence electrons. The van der Waals surface area contributed by atoms with Gasteiger partial charge in [-0.2, -0.15) is 5.26 Å². The van der Waals surface area contributed by atoms with Crippen LogP contribution in [0.25, 0.3) is 0 Å². The highest BCUT2D eigenvalue weighted by Crippen LogP contribution is 2.27. The Morgan fingerprint density at radius 1 is 1.44 bits per heavy atom. The van der Waals surface area contributed by atoms with Crippen LogP contribution in [0, 0.1) is 17.2 Å². The molecule has 0 saturated heterocycles. The van der Waals surface area contributed by atoms with Crippen LogP contribution in [0.5, 0.6) is 0 Å². The molecule has 5 nitrogen and oxygen atoms in total. The van der Waals surface area contributed by atoms with Crippen molar-refractivity contribution in [1.82, 2.24) is 9.97 Å². The molecule has 1 aliphatic rings. The van der Waals surface area contributed by atoms with Gasteiger partial charge in [0.25, 0.3) is 0 Å². The van der Waals surface area contributed by atoms with Gasteiger partial charge in [-0.3, -0.25) is 0 Å². The molecule has 1 unspecified atom stereocenters. The fourth-order valence-electron chi connectivity index (χ4n) is 2.56. The average Bonchev–Trinajstić information content (AvgIpc) is 2.46. The Morgan fingerprint density at radius 3 is 2.89 bits per heavy atom. The Morgan fingerprint density at radius 2 is 2.22 bits per heavy atom. The summed E-state index contributed by atoms with van der Waals surface area (Å²) in [6.07, 6.45) is 7.92. The monoisotopic (exact) mass is 245 g/mol. The summed E-state index contributed by atoms with van der Waals surface area (Å²) >= 11 is 0. The minimum atomic E-state index is 0.208. The second-order valence-electron chi connectivity index (χ2n) is 4.76. The van der Waals surface area contributed by atoms with Crippen molar-refractivity contribution in [1.29, 1.82) is 5.26 Å². The zero-order chi connectivity index (χ0) is 12.8. The van der Waals surface area contributed by atoms with Gasteiger partial charge in [0.15, 0.2) is 0 Å². The van der Waals surface area contributed by atoms with E-state index in [0.29, 0.717) is 24.1 Å². The molecule has 0 aromatic carbocycles. The van der Waals surface area contributed by atoms with Crippen LogP contribution in [0.1, 0.15) is 37.8 Å². The van der Waals surface area contributed by atoms with E-state index in [1.807, 2.05) is 6.07 Å². The van der Waals surface area contributed by atoms with Crippen molar-refractivity contribution < 1.29 is 0 Å². The second kappa shape index (κ2) is 6.31. The van der Waals surface area contributed by atoms with Gasteiger partial charge in [-0.05, 0) is 24.8 Å². The van der Waals surface area contributed by atoms with Crippen LogP contribution in [0.4, 0.5) is 5.95 Å². The summed E-state index contributed by atoms with van der Waals surface area (Å²) in [5.41, 5.74) is 6.22. The summed E-state index contributed by atoms with van der Waals surface area (Å²) in [4.78, 5) is 8.28. The highest BCUT2D eigenvalue weighted by atomic mass is 15.1. The van der Waals surface area contributed by atoms with Crippen LogP contribution >= 0.6 is 0 Å². The highest BCUT2D eigenvalue weighted by Gasteiger charge is 2.23. The Balaban J connectivity index is 2.02. The van der Waals surface area contributed by atoms with E-state index in [4.69, 9.17) is 11.0 Å². The maximum atomic E-state index is 8.81. The van der Waals surface area contributed by atoms with Gasteiger partial charge in [-0.1, -0.05) is 19.3 Å². The molecule has 1 aromatic heterocycles. The first-order valence-corrected chi connectivity index (χ1v) is 6.53. The Labute approximate surface area is 107 Å². The van der Waals surface area contributed by atoms with Crippen LogP contribution in [0.3, 0.4) is 0 Å². The molecule has 3 N–H and O–H groups in total. The Bertz CT molecular complexity index is 420. The van der Waals surface area contributed by atoms with Gasteiger partial charge in [0.1, 0.15) is 11.8 Å². The third-order valence-electron chi connectivity index (χ3n) is 3.56. The van der Waals surface area contributed by atoms with E-state index in [-0.39, 0.29) is 6.04 Å². The molecule has 1 fully saturated rings. The predicted octanol–water partition coefficient (Wildman–Crippen LogP) is 1.67. The number of anilines is 1. The van der Waals surface area contributed by atoms with Gasteiger partial charge in [0, 0.05) is 18.8 Å². The summed E-state index contributed by atoms with van der Waals surface area (Å²) in [5, 5.41) is 12.1. The molecule has 1 heterocycles. The molecular weight excluding hydrogens is 226 g/mol. The average molecular weight is 245 g/mol. The lowest BCUT2D eigenvalue weighted by Crippen LogP contribution is -2.37. The lowest BCUT2D eigenvalue weighted by atomic mass is 9.84. The van der Waals surface area contributed by atoms with Crippen molar-refractivity contribution in [3.8, 4) is 6.07 Å². The standard InChI is InChI=1S/C13H19N5/c14-8-11-6-7-16-13(17-11)18-12(9-15)10-4-2-1-3-5-10/h6-7,10,12H,1-5,9,15H2,(H,16,17,18). The van der Waals surface area contributed by atoms with Gasteiger partial charge >= 0.3 is 0 Å². The van der Waals surface area contributed by atoms with E-state index in [1.54, 1.807) is 12.3 Å². The van der Waals surface area contributed by atoms with Crippen LogP contribution in [0.15, 0.2) is 12.3 Å². The van der Waals surface area contributed by atoms with Crippen molar-refractivity contribution in [2.75, 3.05) is 11.9 Å². The van der Waals surface area contributed by atoms with E-state index < -0.39 is 0 Å². The van der Waals surface area contributed by atoms with Crippen LogP contribution < -0.4 is 11.1 Å². The van der Waals surface area contributed by atoms with Crippen LogP contribution in [0.2, 0.25) is 0 Å². The van der Waals surface area contributed by atoms with Crippen molar-refractivity contribution in [2.24, 2.45) is 11.7 Å². The summed E-state index contributed by atoms with van der Waals surface area (Å²) in [7, 11) is 0. The van der Waals surface area contributed by atoms with Crippen LogP contribution in [-0.4, -0.2) is 22.6 Å². The van der Waals surface area contributed by atoms with Crippen molar-refractivity contribution in [2.45, 2.75) is 38.1 Å². The van der Waals surface area contributed by atoms with Gasteiger partial charge in [-0.25, -0.2) is 9.97 Å². The van der Waals surface area contributed by atoms with Gasteiger partial charge in [0.05, 0.1) is 0 Å². The second-order valence-corrected chi connectivity index (χ2v) is 4.76. The lowest BCUT2D eigenvalue weighted by Gasteiger charge is -2.30. The van der Waals surface area contributed by atoms with Gasteiger partial charge < -0.3 is 11.1 Å². The Kier molecular flexibility index (Phi) is 4.48. The van der Waals surface area contributed by atoms with Crippen molar-refractivity contribution in [3.05, 3.63) is 18.0 Å².